The lowest BCUT2D eigenvalue weighted by Crippen LogP contribution is -2.11. The maximum absolute atomic E-state index is 12.7. The monoisotopic (exact) mass is 409 g/mol. The number of pyridine rings is 1. The third kappa shape index (κ3) is 4.58. The number of hydrogen-bond acceptors (Lipinski definition) is 3. The first-order chi connectivity index (χ1) is 15.1. The molecule has 3 N–H and O–H groups in total. The second-order valence-corrected chi connectivity index (χ2v) is 7.77. The summed E-state index contributed by atoms with van der Waals surface area (Å²) in [5, 5.41) is 3.82. The molecule has 156 valence electrons. The van der Waals surface area contributed by atoms with Crippen LogP contribution in [0.4, 0.5) is 11.4 Å². The Morgan fingerprint density at radius 1 is 0.903 bits per heavy atom. The average Bonchev–Trinajstić information content (AvgIpc) is 2.80. The Morgan fingerprint density at radius 2 is 1.58 bits per heavy atom. The van der Waals surface area contributed by atoms with Crippen molar-refractivity contribution in [1.82, 2.24) is 4.98 Å². The largest absolute Gasteiger partial charge is 0.398 e. The van der Waals surface area contributed by atoms with Crippen LogP contribution in [0.3, 0.4) is 0 Å². The first-order valence-corrected chi connectivity index (χ1v) is 10.8. The van der Waals surface area contributed by atoms with Crippen LogP contribution >= 0.6 is 0 Å². The molecule has 0 fully saturated rings. The highest BCUT2D eigenvalue weighted by atomic mass is 16.1. The van der Waals surface area contributed by atoms with Gasteiger partial charge in [-0.3, -0.25) is 9.78 Å². The fourth-order valence-electron chi connectivity index (χ4n) is 3.72. The van der Waals surface area contributed by atoms with E-state index in [4.69, 9.17) is 5.73 Å². The summed E-state index contributed by atoms with van der Waals surface area (Å²) >= 11 is 0. The van der Waals surface area contributed by atoms with Gasteiger partial charge in [0.15, 0.2) is 0 Å². The molecule has 0 spiro atoms. The number of carbonyl (C=O) groups excluding carboxylic acids is 1. The maximum atomic E-state index is 12.7. The van der Waals surface area contributed by atoms with Gasteiger partial charge in [0.25, 0.3) is 5.91 Å². The SMILES string of the molecule is CCCc1cc(N)c2cc(NC(=O)c3ccc(-c4ccc(CC)cc4)cc3)ccc2n1. The van der Waals surface area contributed by atoms with Gasteiger partial charge in [-0.25, -0.2) is 0 Å². The molecule has 0 unspecified atom stereocenters. The van der Waals surface area contributed by atoms with Crippen LogP contribution in [0.15, 0.2) is 72.8 Å². The number of rotatable bonds is 6. The summed E-state index contributed by atoms with van der Waals surface area (Å²) in [6.45, 7) is 4.27. The normalized spacial score (nSPS) is 10.9. The van der Waals surface area contributed by atoms with Gasteiger partial charge in [0.05, 0.1) is 5.52 Å². The van der Waals surface area contributed by atoms with Crippen molar-refractivity contribution in [2.24, 2.45) is 0 Å². The summed E-state index contributed by atoms with van der Waals surface area (Å²) in [5.74, 6) is -0.152. The number of aromatic nitrogens is 1. The topological polar surface area (TPSA) is 68.0 Å². The molecule has 4 nitrogen and oxygen atoms in total. The molecule has 3 aromatic carbocycles. The number of nitrogens with zero attached hydrogens (tertiary/aromatic N) is 1. The second kappa shape index (κ2) is 9.00. The van der Waals surface area contributed by atoms with Gasteiger partial charge in [0.1, 0.15) is 0 Å². The van der Waals surface area contributed by atoms with E-state index in [-0.39, 0.29) is 5.91 Å². The molecule has 0 aliphatic carbocycles. The van der Waals surface area contributed by atoms with Crippen molar-refractivity contribution in [3.63, 3.8) is 0 Å². The van der Waals surface area contributed by atoms with Crippen LogP contribution in [0.25, 0.3) is 22.0 Å². The van der Waals surface area contributed by atoms with Gasteiger partial charge in [-0.2, -0.15) is 0 Å². The number of hydrogen-bond donors (Lipinski definition) is 2. The van der Waals surface area contributed by atoms with Gasteiger partial charge in [-0.15, -0.1) is 0 Å². The summed E-state index contributed by atoms with van der Waals surface area (Å²) in [6.07, 6.45) is 2.95. The standard InChI is InChI=1S/C27H27N3O/c1-3-5-22-17-25(28)24-16-23(14-15-26(24)29-22)30-27(31)21-12-10-20(11-13-21)19-8-6-18(4-2)7-9-19/h6-17H,3-5H2,1-2H3,(H2,28,29)(H,30,31). The molecule has 0 aliphatic heterocycles. The third-order valence-corrected chi connectivity index (χ3v) is 5.50. The molecule has 0 saturated heterocycles. The Kier molecular flexibility index (Phi) is 5.99. The number of anilines is 2. The highest BCUT2D eigenvalue weighted by molar-refractivity contribution is 6.06. The van der Waals surface area contributed by atoms with Crippen molar-refractivity contribution in [2.45, 2.75) is 33.1 Å². The minimum absolute atomic E-state index is 0.152. The van der Waals surface area contributed by atoms with Crippen molar-refractivity contribution in [3.05, 3.63) is 89.6 Å². The van der Waals surface area contributed by atoms with Crippen LogP contribution in [0.1, 0.15) is 41.9 Å². The van der Waals surface area contributed by atoms with E-state index in [9.17, 15) is 4.79 Å². The number of fused-ring (bicyclic) bond motifs is 1. The second-order valence-electron chi connectivity index (χ2n) is 7.77. The lowest BCUT2D eigenvalue weighted by Gasteiger charge is -2.10. The van der Waals surface area contributed by atoms with E-state index in [2.05, 4.69) is 48.4 Å². The van der Waals surface area contributed by atoms with Gasteiger partial charge in [0, 0.05) is 28.0 Å². The smallest absolute Gasteiger partial charge is 0.255 e. The van der Waals surface area contributed by atoms with Crippen LogP contribution < -0.4 is 11.1 Å². The van der Waals surface area contributed by atoms with E-state index in [0.29, 0.717) is 16.9 Å². The molecule has 4 rings (SSSR count). The Morgan fingerprint density at radius 3 is 2.23 bits per heavy atom. The lowest BCUT2D eigenvalue weighted by atomic mass is 10.0. The number of nitrogen functional groups attached to an aromatic ring is 1. The zero-order chi connectivity index (χ0) is 21.8. The Hall–Kier alpha value is -3.66. The van der Waals surface area contributed by atoms with E-state index in [1.807, 2.05) is 48.5 Å². The molecule has 4 aromatic rings. The number of nitrogens with two attached hydrogens (primary N) is 1. The fourth-order valence-corrected chi connectivity index (χ4v) is 3.72. The number of benzene rings is 3. The first-order valence-electron chi connectivity index (χ1n) is 10.8. The van der Waals surface area contributed by atoms with Gasteiger partial charge < -0.3 is 11.1 Å². The van der Waals surface area contributed by atoms with Crippen molar-refractivity contribution >= 4 is 28.2 Å². The van der Waals surface area contributed by atoms with Gasteiger partial charge in [-0.05, 0) is 65.9 Å². The first kappa shape index (κ1) is 20.6. The minimum Gasteiger partial charge on any atom is -0.398 e. The predicted octanol–water partition coefficient (Wildman–Crippen LogP) is 6.25. The zero-order valence-electron chi connectivity index (χ0n) is 18.0. The van der Waals surface area contributed by atoms with Crippen LogP contribution in [0, 0.1) is 0 Å². The summed E-state index contributed by atoms with van der Waals surface area (Å²) in [5.41, 5.74) is 13.6. The van der Waals surface area contributed by atoms with Gasteiger partial charge >= 0.3 is 0 Å². The van der Waals surface area contributed by atoms with Crippen molar-refractivity contribution in [3.8, 4) is 11.1 Å². The molecular weight excluding hydrogens is 382 g/mol. The number of aryl methyl sites for hydroxylation is 2. The molecule has 0 saturated carbocycles. The lowest BCUT2D eigenvalue weighted by molar-refractivity contribution is 0.102. The van der Waals surface area contributed by atoms with Crippen molar-refractivity contribution in [2.75, 3.05) is 11.1 Å². The Labute approximate surface area is 183 Å². The molecule has 0 bridgehead atoms. The number of carbonyl (C=O) groups is 1. The maximum Gasteiger partial charge on any atom is 0.255 e. The van der Waals surface area contributed by atoms with E-state index >= 15 is 0 Å². The van der Waals surface area contributed by atoms with E-state index in [1.165, 1.54) is 5.56 Å². The summed E-state index contributed by atoms with van der Waals surface area (Å²) in [7, 11) is 0. The van der Waals surface area contributed by atoms with Crippen LogP contribution in [0.5, 0.6) is 0 Å². The zero-order valence-corrected chi connectivity index (χ0v) is 18.0. The third-order valence-electron chi connectivity index (χ3n) is 5.50. The van der Waals surface area contributed by atoms with E-state index in [0.717, 1.165) is 47.0 Å². The van der Waals surface area contributed by atoms with Crippen molar-refractivity contribution in [1.29, 1.82) is 0 Å². The summed E-state index contributed by atoms with van der Waals surface area (Å²) in [4.78, 5) is 17.4. The van der Waals surface area contributed by atoms with Gasteiger partial charge in [-0.1, -0.05) is 56.7 Å². The summed E-state index contributed by atoms with van der Waals surface area (Å²) in [6, 6.07) is 23.8. The van der Waals surface area contributed by atoms with Crippen LogP contribution in [0.2, 0.25) is 0 Å². The van der Waals surface area contributed by atoms with Crippen LogP contribution in [-0.4, -0.2) is 10.9 Å². The van der Waals surface area contributed by atoms with Gasteiger partial charge in [0.2, 0.25) is 0 Å². The molecule has 1 aromatic heterocycles. The van der Waals surface area contributed by atoms with Crippen LogP contribution in [-0.2, 0) is 12.8 Å². The molecule has 0 radical (unpaired) electrons. The Balaban J connectivity index is 1.51. The fraction of sp³-hybridized carbons (Fsp3) is 0.185. The molecule has 0 aliphatic rings. The predicted molar refractivity (Wildman–Crippen MR) is 129 cm³/mol. The molecule has 1 amide bonds. The highest BCUT2D eigenvalue weighted by Gasteiger charge is 2.09. The van der Waals surface area contributed by atoms with E-state index in [1.54, 1.807) is 0 Å². The molecule has 0 atom stereocenters. The number of amides is 1. The highest BCUT2D eigenvalue weighted by Crippen LogP contribution is 2.25. The molecular formula is C27H27N3O. The Bertz CT molecular complexity index is 1210. The molecule has 31 heavy (non-hydrogen) atoms. The summed E-state index contributed by atoms with van der Waals surface area (Å²) < 4.78 is 0. The number of nitrogens with one attached hydrogen (secondary N) is 1. The van der Waals surface area contributed by atoms with E-state index < -0.39 is 0 Å². The van der Waals surface area contributed by atoms with Crippen molar-refractivity contribution < 1.29 is 4.79 Å². The molecule has 4 heteroatoms. The molecule has 1 heterocycles. The quantitative estimate of drug-likeness (QED) is 0.395. The average molecular weight is 410 g/mol. The minimum atomic E-state index is -0.152.